The first-order chi connectivity index (χ1) is 17.2. The van der Waals surface area contributed by atoms with Gasteiger partial charge >= 0.3 is 0 Å². The van der Waals surface area contributed by atoms with Gasteiger partial charge in [0.1, 0.15) is 30.3 Å². The second-order valence-electron chi connectivity index (χ2n) is 7.92. The Morgan fingerprint density at radius 3 is 2.53 bits per heavy atom. The highest BCUT2D eigenvalue weighted by molar-refractivity contribution is 7.88. The normalized spacial score (nSPS) is 13.7. The molecule has 5 N–H and O–H groups in total. The number of amides is 1. The quantitative estimate of drug-likeness (QED) is 0.140. The number of nitrogen functional groups attached to an aromatic ring is 1. The van der Waals surface area contributed by atoms with E-state index in [2.05, 4.69) is 35.4 Å². The maximum absolute atomic E-state index is 10.9. The van der Waals surface area contributed by atoms with Gasteiger partial charge in [0, 0.05) is 38.4 Å². The van der Waals surface area contributed by atoms with Gasteiger partial charge in [-0.25, -0.2) is 23.1 Å². The van der Waals surface area contributed by atoms with Crippen molar-refractivity contribution in [1.29, 1.82) is 0 Å². The summed E-state index contributed by atoms with van der Waals surface area (Å²) in [6.45, 7) is 7.56. The molecule has 1 saturated heterocycles. The van der Waals surface area contributed by atoms with Crippen LogP contribution < -0.4 is 30.7 Å². The molecule has 0 spiro atoms. The summed E-state index contributed by atoms with van der Waals surface area (Å²) >= 11 is 0. The van der Waals surface area contributed by atoms with E-state index in [9.17, 15) is 13.2 Å². The molecule has 0 unspecified atom stereocenters. The van der Waals surface area contributed by atoms with Crippen molar-refractivity contribution in [2.24, 2.45) is 5.16 Å². The minimum absolute atomic E-state index is 0.111. The summed E-state index contributed by atoms with van der Waals surface area (Å²) in [4.78, 5) is 25.5. The number of rotatable bonds is 11. The van der Waals surface area contributed by atoms with Crippen LogP contribution >= 0.6 is 0 Å². The molecule has 1 aromatic carbocycles. The zero-order valence-corrected chi connectivity index (χ0v) is 21.5. The van der Waals surface area contributed by atoms with Crippen LogP contribution in [-0.2, 0) is 19.7 Å². The van der Waals surface area contributed by atoms with Gasteiger partial charge < -0.3 is 30.8 Å². The summed E-state index contributed by atoms with van der Waals surface area (Å²) in [7, 11) is -3.23. The first-order valence-corrected chi connectivity index (χ1v) is 13.2. The van der Waals surface area contributed by atoms with Crippen LogP contribution in [0.1, 0.15) is 19.4 Å². The van der Waals surface area contributed by atoms with Crippen LogP contribution in [-0.4, -0.2) is 82.7 Å². The summed E-state index contributed by atoms with van der Waals surface area (Å²) in [5.41, 5.74) is 7.25. The lowest BCUT2D eigenvalue weighted by molar-refractivity contribution is -0.105. The Balaban J connectivity index is 0.000000297. The number of sulfonamides is 1. The molecule has 1 aliphatic rings. The number of nitrogens with two attached hydrogens (primary N) is 1. The molecule has 0 saturated carbocycles. The number of carbonyl (C=O) groups is 1. The van der Waals surface area contributed by atoms with Crippen LogP contribution in [0.15, 0.2) is 35.7 Å². The molecule has 2 heterocycles. The molecule has 1 aromatic heterocycles. The highest BCUT2D eigenvalue weighted by atomic mass is 32.2. The smallest absolute Gasteiger partial charge is 0.211 e. The van der Waals surface area contributed by atoms with Gasteiger partial charge in [0.2, 0.25) is 16.4 Å². The summed E-state index contributed by atoms with van der Waals surface area (Å²) in [6, 6.07) is 7.25. The second kappa shape index (κ2) is 14.8. The van der Waals surface area contributed by atoms with Crippen molar-refractivity contribution in [3.8, 4) is 5.75 Å². The fraction of sp³-hybridized carbons (Fsp3) is 0.455. The molecular weight excluding hydrogens is 488 g/mol. The standard InChI is InChI=1S/C12H21N7O3S.C10H13NO2/c1-23(20,21)18-4-7-22-17-8-10-11(13)15-9-16-12(10)19-5-2-14-3-6-19;1-8(2)13-10-5-3-9(4-6-10)11-7-12/h8-9,14,18H,2-7H2,1H3,(H2,13,15,16);3-8H,1-2H3,(H,11,12). The monoisotopic (exact) mass is 522 g/mol. The molecule has 0 atom stereocenters. The summed E-state index contributed by atoms with van der Waals surface area (Å²) in [5.74, 6) is 1.84. The predicted molar refractivity (Wildman–Crippen MR) is 140 cm³/mol. The second-order valence-corrected chi connectivity index (χ2v) is 9.75. The lowest BCUT2D eigenvalue weighted by Gasteiger charge is -2.29. The fourth-order valence-corrected chi connectivity index (χ4v) is 3.49. The van der Waals surface area contributed by atoms with Crippen LogP contribution in [0.3, 0.4) is 0 Å². The van der Waals surface area contributed by atoms with Crippen molar-refractivity contribution in [1.82, 2.24) is 20.0 Å². The van der Waals surface area contributed by atoms with Crippen LogP contribution in [0, 0.1) is 0 Å². The Morgan fingerprint density at radius 2 is 1.92 bits per heavy atom. The summed E-state index contributed by atoms with van der Waals surface area (Å²) in [5, 5.41) is 9.63. The molecule has 1 amide bonds. The minimum atomic E-state index is -3.23. The van der Waals surface area contributed by atoms with Crippen LogP contribution in [0.4, 0.5) is 17.3 Å². The number of nitrogens with one attached hydrogen (secondary N) is 3. The molecule has 2 aromatic rings. The Bertz CT molecular complexity index is 1070. The number of benzene rings is 1. The van der Waals surface area contributed by atoms with Crippen LogP contribution in [0.5, 0.6) is 5.75 Å². The molecule has 36 heavy (non-hydrogen) atoms. The lowest BCUT2D eigenvalue weighted by atomic mass is 10.2. The van der Waals surface area contributed by atoms with Crippen LogP contribution in [0.25, 0.3) is 0 Å². The number of anilines is 3. The highest BCUT2D eigenvalue weighted by Crippen LogP contribution is 2.20. The highest BCUT2D eigenvalue weighted by Gasteiger charge is 2.17. The fourth-order valence-electron chi connectivity index (χ4n) is 3.04. The largest absolute Gasteiger partial charge is 0.491 e. The van der Waals surface area contributed by atoms with Gasteiger partial charge in [-0.1, -0.05) is 5.16 Å². The van der Waals surface area contributed by atoms with Gasteiger partial charge in [-0.2, -0.15) is 0 Å². The zero-order valence-electron chi connectivity index (χ0n) is 20.7. The third-order valence-electron chi connectivity index (χ3n) is 4.58. The SMILES string of the molecule is CC(C)Oc1ccc(NC=O)cc1.CS(=O)(=O)NCCON=Cc1c(N)ncnc1N1CCNCC1. The number of carbonyl (C=O) groups excluding carboxylic acids is 1. The van der Waals surface area contributed by atoms with E-state index in [1.807, 2.05) is 26.0 Å². The number of hydrogen-bond donors (Lipinski definition) is 4. The number of nitrogens with zero attached hydrogens (tertiary/aromatic N) is 4. The van der Waals surface area contributed by atoms with Gasteiger partial charge in [-0.05, 0) is 38.1 Å². The van der Waals surface area contributed by atoms with E-state index in [0.29, 0.717) is 23.6 Å². The predicted octanol–water partition coefficient (Wildman–Crippen LogP) is 0.410. The van der Waals surface area contributed by atoms with Gasteiger partial charge in [0.15, 0.2) is 0 Å². The van der Waals surface area contributed by atoms with Crippen molar-refractivity contribution in [3.05, 3.63) is 36.2 Å². The first-order valence-electron chi connectivity index (χ1n) is 11.3. The van der Waals surface area contributed by atoms with E-state index in [0.717, 1.165) is 43.9 Å². The van der Waals surface area contributed by atoms with Gasteiger partial charge in [-0.15, -0.1) is 0 Å². The molecule has 198 valence electrons. The molecule has 3 rings (SSSR count). The minimum Gasteiger partial charge on any atom is -0.491 e. The molecule has 1 fully saturated rings. The number of aromatic nitrogens is 2. The number of piperazine rings is 1. The van der Waals surface area contributed by atoms with E-state index in [1.165, 1.54) is 12.5 Å². The molecule has 0 radical (unpaired) electrons. The van der Waals surface area contributed by atoms with E-state index >= 15 is 0 Å². The van der Waals surface area contributed by atoms with Crippen molar-refractivity contribution in [3.63, 3.8) is 0 Å². The molecule has 13 nitrogen and oxygen atoms in total. The first kappa shape index (κ1) is 28.7. The van der Waals surface area contributed by atoms with E-state index in [1.54, 1.807) is 12.1 Å². The topological polar surface area (TPSA) is 173 Å². The van der Waals surface area contributed by atoms with Gasteiger partial charge in [0.05, 0.1) is 24.1 Å². The molecule has 0 aliphatic carbocycles. The van der Waals surface area contributed by atoms with Crippen molar-refractivity contribution in [2.45, 2.75) is 20.0 Å². The third-order valence-corrected chi connectivity index (χ3v) is 5.30. The number of oxime groups is 1. The number of ether oxygens (including phenoxy) is 1. The summed E-state index contributed by atoms with van der Waals surface area (Å²) < 4.78 is 29.5. The van der Waals surface area contributed by atoms with Gasteiger partial charge in [0.25, 0.3) is 0 Å². The third kappa shape index (κ3) is 10.8. The van der Waals surface area contributed by atoms with Gasteiger partial charge in [-0.3, -0.25) is 4.79 Å². The average Bonchev–Trinajstić information content (AvgIpc) is 2.83. The van der Waals surface area contributed by atoms with E-state index < -0.39 is 10.0 Å². The van der Waals surface area contributed by atoms with E-state index in [4.69, 9.17) is 15.3 Å². The average molecular weight is 523 g/mol. The lowest BCUT2D eigenvalue weighted by Crippen LogP contribution is -2.44. The molecule has 1 aliphatic heterocycles. The Morgan fingerprint density at radius 1 is 1.22 bits per heavy atom. The Hall–Kier alpha value is -3.49. The zero-order chi connectivity index (χ0) is 26.4. The maximum Gasteiger partial charge on any atom is 0.211 e. The van der Waals surface area contributed by atoms with Crippen molar-refractivity contribution >= 4 is 40.0 Å². The van der Waals surface area contributed by atoms with Crippen molar-refractivity contribution in [2.75, 3.05) is 61.5 Å². The summed E-state index contributed by atoms with van der Waals surface area (Å²) in [6.07, 6.45) is 4.77. The molecule has 0 bridgehead atoms. The molecule has 14 heteroatoms. The Kier molecular flexibility index (Phi) is 11.8. The molecular formula is C22H34N8O5S. The maximum atomic E-state index is 10.9. The Labute approximate surface area is 211 Å². The number of hydrogen-bond acceptors (Lipinski definition) is 11. The van der Waals surface area contributed by atoms with Crippen LogP contribution in [0.2, 0.25) is 0 Å². The van der Waals surface area contributed by atoms with Crippen molar-refractivity contribution < 1.29 is 22.8 Å². The van der Waals surface area contributed by atoms with E-state index in [-0.39, 0.29) is 19.3 Å².